The Kier molecular flexibility index (Phi) is 6.28. The third kappa shape index (κ3) is 4.20. The summed E-state index contributed by atoms with van der Waals surface area (Å²) < 4.78 is 0. The molecule has 0 bridgehead atoms. The van der Waals surface area contributed by atoms with Crippen LogP contribution in [-0.4, -0.2) is 29.9 Å². The number of hydrogen-bond donors (Lipinski definition) is 2. The van der Waals surface area contributed by atoms with Crippen molar-refractivity contribution in [2.24, 2.45) is 11.5 Å². The molecule has 0 aliphatic carbocycles. The molecule has 1 aliphatic heterocycles. The molecule has 2 rings (SSSR count). The summed E-state index contributed by atoms with van der Waals surface area (Å²) in [5.41, 5.74) is 12.8. The first-order valence-electron chi connectivity index (χ1n) is 6.53. The van der Waals surface area contributed by atoms with Crippen LogP contribution in [0, 0.1) is 0 Å². The summed E-state index contributed by atoms with van der Waals surface area (Å²) in [5.74, 6) is -0.370. The highest BCUT2D eigenvalue weighted by Gasteiger charge is 2.20. The number of carbonyl (C=O) groups is 1. The van der Waals surface area contributed by atoms with Gasteiger partial charge in [0.1, 0.15) is 0 Å². The van der Waals surface area contributed by atoms with Crippen molar-refractivity contribution in [3.05, 3.63) is 35.4 Å². The van der Waals surface area contributed by atoms with E-state index >= 15 is 0 Å². The van der Waals surface area contributed by atoms with E-state index in [0.29, 0.717) is 18.2 Å². The summed E-state index contributed by atoms with van der Waals surface area (Å²) in [6.45, 7) is 2.64. The van der Waals surface area contributed by atoms with Gasteiger partial charge in [-0.25, -0.2) is 0 Å². The van der Waals surface area contributed by atoms with Gasteiger partial charge in [-0.3, -0.25) is 9.69 Å². The van der Waals surface area contributed by atoms with Crippen molar-refractivity contribution in [1.29, 1.82) is 0 Å². The highest BCUT2D eigenvalue weighted by atomic mass is 35.5. The van der Waals surface area contributed by atoms with Crippen LogP contribution in [0.2, 0.25) is 0 Å². The Bertz CT molecular complexity index is 425. The number of carbonyl (C=O) groups excluding carboxylic acids is 1. The minimum atomic E-state index is -0.370. The average Bonchev–Trinajstić information content (AvgIpc) is 2.39. The molecule has 106 valence electrons. The lowest BCUT2D eigenvalue weighted by atomic mass is 10.0. The number of nitrogens with zero attached hydrogens (tertiary/aromatic N) is 1. The van der Waals surface area contributed by atoms with Crippen molar-refractivity contribution in [2.75, 3.05) is 13.1 Å². The van der Waals surface area contributed by atoms with Crippen LogP contribution in [0.5, 0.6) is 0 Å². The van der Waals surface area contributed by atoms with Crippen molar-refractivity contribution in [3.8, 4) is 0 Å². The fourth-order valence-corrected chi connectivity index (χ4v) is 2.59. The lowest BCUT2D eigenvalue weighted by Gasteiger charge is -2.35. The molecule has 1 amide bonds. The van der Waals surface area contributed by atoms with Crippen LogP contribution in [0.25, 0.3) is 0 Å². The number of piperidine rings is 1. The van der Waals surface area contributed by atoms with E-state index in [9.17, 15) is 4.79 Å². The number of likely N-dealkylation sites (tertiary alicyclic amines) is 1. The van der Waals surface area contributed by atoms with E-state index < -0.39 is 0 Å². The first-order chi connectivity index (χ1) is 8.70. The van der Waals surface area contributed by atoms with Gasteiger partial charge in [0, 0.05) is 24.7 Å². The van der Waals surface area contributed by atoms with Crippen LogP contribution in [0.3, 0.4) is 0 Å². The van der Waals surface area contributed by atoms with Crippen molar-refractivity contribution < 1.29 is 4.79 Å². The first kappa shape index (κ1) is 16.0. The van der Waals surface area contributed by atoms with Crippen LogP contribution < -0.4 is 11.5 Å². The Labute approximate surface area is 120 Å². The van der Waals surface area contributed by atoms with E-state index in [2.05, 4.69) is 4.90 Å². The molecule has 5 heteroatoms. The van der Waals surface area contributed by atoms with Crippen LogP contribution in [-0.2, 0) is 6.54 Å². The van der Waals surface area contributed by atoms with Gasteiger partial charge >= 0.3 is 0 Å². The predicted octanol–water partition coefficient (Wildman–Crippen LogP) is 1.52. The predicted molar refractivity (Wildman–Crippen MR) is 79.3 cm³/mol. The van der Waals surface area contributed by atoms with Crippen molar-refractivity contribution in [2.45, 2.75) is 31.8 Å². The summed E-state index contributed by atoms with van der Waals surface area (Å²) in [5, 5.41) is 0. The number of hydrogen-bond acceptors (Lipinski definition) is 3. The first-order valence-corrected chi connectivity index (χ1v) is 6.53. The van der Waals surface area contributed by atoms with Crippen LogP contribution >= 0.6 is 12.4 Å². The number of primary amides is 1. The van der Waals surface area contributed by atoms with E-state index in [1.165, 1.54) is 19.3 Å². The van der Waals surface area contributed by atoms with Gasteiger partial charge in [0.25, 0.3) is 0 Å². The molecule has 0 spiro atoms. The molecule has 1 aromatic rings. The van der Waals surface area contributed by atoms with Crippen LogP contribution in [0.4, 0.5) is 0 Å². The summed E-state index contributed by atoms with van der Waals surface area (Å²) in [4.78, 5) is 13.6. The standard InChI is InChI=1S/C14H21N3O.ClH/c15-9-13-6-1-2-7-17(13)10-11-4-3-5-12(8-11)14(16)18;/h3-5,8,13H,1-2,6-7,9-10,15H2,(H2,16,18);1H. The molecule has 1 unspecified atom stereocenters. The molecule has 19 heavy (non-hydrogen) atoms. The normalized spacial score (nSPS) is 19.7. The van der Waals surface area contributed by atoms with E-state index in [4.69, 9.17) is 11.5 Å². The second kappa shape index (κ2) is 7.48. The second-order valence-electron chi connectivity index (χ2n) is 4.92. The third-order valence-electron chi connectivity index (χ3n) is 3.62. The Balaban J connectivity index is 0.00000180. The lowest BCUT2D eigenvalue weighted by molar-refractivity contribution is 0.1000. The lowest BCUT2D eigenvalue weighted by Crippen LogP contribution is -2.43. The minimum absolute atomic E-state index is 0. The number of benzene rings is 1. The summed E-state index contributed by atoms with van der Waals surface area (Å²) >= 11 is 0. The summed E-state index contributed by atoms with van der Waals surface area (Å²) in [6, 6.07) is 8.02. The quantitative estimate of drug-likeness (QED) is 0.880. The van der Waals surface area contributed by atoms with Gasteiger partial charge in [-0.1, -0.05) is 18.6 Å². The Morgan fingerprint density at radius 1 is 1.37 bits per heavy atom. The summed E-state index contributed by atoms with van der Waals surface area (Å²) in [6.07, 6.45) is 3.66. The van der Waals surface area contributed by atoms with E-state index in [0.717, 1.165) is 18.7 Å². The van der Waals surface area contributed by atoms with E-state index in [-0.39, 0.29) is 18.3 Å². The molecule has 4 N–H and O–H groups in total. The molecule has 4 nitrogen and oxygen atoms in total. The monoisotopic (exact) mass is 283 g/mol. The molecule has 0 radical (unpaired) electrons. The molecule has 0 saturated carbocycles. The van der Waals surface area contributed by atoms with Crippen molar-refractivity contribution in [3.63, 3.8) is 0 Å². The maximum atomic E-state index is 11.2. The third-order valence-corrected chi connectivity index (χ3v) is 3.62. The number of nitrogens with two attached hydrogens (primary N) is 2. The number of halogens is 1. The number of amides is 1. The van der Waals surface area contributed by atoms with Gasteiger partial charge in [0.2, 0.25) is 5.91 Å². The van der Waals surface area contributed by atoms with E-state index in [1.807, 2.05) is 18.2 Å². The second-order valence-corrected chi connectivity index (χ2v) is 4.92. The zero-order valence-corrected chi connectivity index (χ0v) is 11.9. The maximum absolute atomic E-state index is 11.2. The van der Waals surface area contributed by atoms with Gasteiger partial charge < -0.3 is 11.5 Å². The zero-order valence-electron chi connectivity index (χ0n) is 11.0. The molecule has 1 aliphatic rings. The molecule has 1 aromatic carbocycles. The molecular formula is C14H22ClN3O. The maximum Gasteiger partial charge on any atom is 0.248 e. The highest BCUT2D eigenvalue weighted by Crippen LogP contribution is 2.19. The Morgan fingerprint density at radius 2 is 2.16 bits per heavy atom. The molecule has 1 atom stereocenters. The SMILES string of the molecule is Cl.NCC1CCCCN1Cc1cccc(C(N)=O)c1. The molecule has 1 fully saturated rings. The zero-order chi connectivity index (χ0) is 13.0. The Morgan fingerprint density at radius 3 is 2.84 bits per heavy atom. The summed E-state index contributed by atoms with van der Waals surface area (Å²) in [7, 11) is 0. The topological polar surface area (TPSA) is 72.3 Å². The number of rotatable bonds is 4. The fourth-order valence-electron chi connectivity index (χ4n) is 2.59. The molecular weight excluding hydrogens is 262 g/mol. The highest BCUT2D eigenvalue weighted by molar-refractivity contribution is 5.92. The van der Waals surface area contributed by atoms with Crippen LogP contribution in [0.15, 0.2) is 24.3 Å². The minimum Gasteiger partial charge on any atom is -0.366 e. The Hall–Kier alpha value is -1.10. The largest absolute Gasteiger partial charge is 0.366 e. The van der Waals surface area contributed by atoms with Gasteiger partial charge in [0.05, 0.1) is 0 Å². The van der Waals surface area contributed by atoms with Crippen molar-refractivity contribution >= 4 is 18.3 Å². The van der Waals surface area contributed by atoms with E-state index in [1.54, 1.807) is 6.07 Å². The molecule has 1 heterocycles. The van der Waals surface area contributed by atoms with Crippen LogP contribution in [0.1, 0.15) is 35.2 Å². The van der Waals surface area contributed by atoms with Gasteiger partial charge in [-0.2, -0.15) is 0 Å². The average molecular weight is 284 g/mol. The van der Waals surface area contributed by atoms with Gasteiger partial charge in [0.15, 0.2) is 0 Å². The molecule has 0 aromatic heterocycles. The smallest absolute Gasteiger partial charge is 0.248 e. The van der Waals surface area contributed by atoms with Gasteiger partial charge in [-0.15, -0.1) is 12.4 Å². The van der Waals surface area contributed by atoms with Crippen molar-refractivity contribution in [1.82, 2.24) is 4.90 Å². The molecule has 1 saturated heterocycles. The fraction of sp³-hybridized carbons (Fsp3) is 0.500. The van der Waals surface area contributed by atoms with Gasteiger partial charge in [-0.05, 0) is 37.1 Å².